The zero-order valence-electron chi connectivity index (χ0n) is 9.74. The highest BCUT2D eigenvalue weighted by Crippen LogP contribution is 2.33. The standard InChI is InChI=1S/C12H12FIN4/c1-18-6-7(4-16-18)12-5-15-10-3-9(14)8(13)2-11(10)17-12/h2-4,6,12,15,17H,5H2,1H3. The minimum atomic E-state index is -0.199. The van der Waals surface area contributed by atoms with Crippen LogP contribution in [0.25, 0.3) is 0 Å². The molecule has 1 aromatic carbocycles. The van der Waals surface area contributed by atoms with E-state index >= 15 is 0 Å². The topological polar surface area (TPSA) is 41.9 Å². The number of fused-ring (bicyclic) bond motifs is 1. The van der Waals surface area contributed by atoms with Crippen molar-refractivity contribution in [2.24, 2.45) is 7.05 Å². The van der Waals surface area contributed by atoms with E-state index in [1.165, 1.54) is 6.07 Å². The predicted octanol–water partition coefficient (Wildman–Crippen LogP) is 2.74. The first-order valence-corrected chi connectivity index (χ1v) is 6.69. The molecule has 0 saturated carbocycles. The first kappa shape index (κ1) is 11.8. The van der Waals surface area contributed by atoms with Gasteiger partial charge in [-0.1, -0.05) is 0 Å². The third-order valence-electron chi connectivity index (χ3n) is 3.01. The van der Waals surface area contributed by atoms with E-state index in [-0.39, 0.29) is 11.9 Å². The van der Waals surface area contributed by atoms with Crippen LogP contribution in [-0.2, 0) is 7.05 Å². The van der Waals surface area contributed by atoms with E-state index in [1.54, 1.807) is 4.68 Å². The number of halogens is 2. The highest BCUT2D eigenvalue weighted by molar-refractivity contribution is 14.1. The zero-order chi connectivity index (χ0) is 12.7. The summed E-state index contributed by atoms with van der Waals surface area (Å²) >= 11 is 1.99. The molecule has 1 aliphatic rings. The molecule has 1 aromatic heterocycles. The van der Waals surface area contributed by atoms with E-state index < -0.39 is 0 Å². The number of hydrogen-bond donors (Lipinski definition) is 2. The highest BCUT2D eigenvalue weighted by Gasteiger charge is 2.21. The normalized spacial score (nSPS) is 17.8. The lowest BCUT2D eigenvalue weighted by atomic mass is 10.1. The van der Waals surface area contributed by atoms with Gasteiger partial charge < -0.3 is 10.6 Å². The van der Waals surface area contributed by atoms with Crippen molar-refractivity contribution in [1.29, 1.82) is 0 Å². The lowest BCUT2D eigenvalue weighted by Gasteiger charge is -2.28. The minimum Gasteiger partial charge on any atom is -0.381 e. The second-order valence-corrected chi connectivity index (χ2v) is 5.50. The number of aromatic nitrogens is 2. The summed E-state index contributed by atoms with van der Waals surface area (Å²) in [6.07, 6.45) is 3.79. The largest absolute Gasteiger partial charge is 0.381 e. The molecular formula is C12H12FIN4. The Balaban J connectivity index is 1.91. The molecule has 0 bridgehead atoms. The van der Waals surface area contributed by atoms with Crippen LogP contribution in [0.5, 0.6) is 0 Å². The molecule has 3 rings (SSSR count). The summed E-state index contributed by atoms with van der Waals surface area (Å²) < 4.78 is 15.9. The molecule has 0 spiro atoms. The molecule has 2 aromatic rings. The van der Waals surface area contributed by atoms with Crippen molar-refractivity contribution in [1.82, 2.24) is 9.78 Å². The molecule has 6 heteroatoms. The van der Waals surface area contributed by atoms with Crippen molar-refractivity contribution < 1.29 is 4.39 Å². The molecule has 1 aliphatic heterocycles. The van der Waals surface area contributed by atoms with E-state index in [0.717, 1.165) is 23.5 Å². The van der Waals surface area contributed by atoms with Gasteiger partial charge in [0.15, 0.2) is 0 Å². The Morgan fingerprint density at radius 1 is 1.44 bits per heavy atom. The number of hydrogen-bond acceptors (Lipinski definition) is 3. The van der Waals surface area contributed by atoms with Gasteiger partial charge in [-0.2, -0.15) is 5.10 Å². The van der Waals surface area contributed by atoms with E-state index in [1.807, 2.05) is 48.1 Å². The Bertz CT molecular complexity index is 596. The average Bonchev–Trinajstić information content (AvgIpc) is 2.77. The molecule has 0 amide bonds. The molecule has 2 heterocycles. The lowest BCUT2D eigenvalue weighted by Crippen LogP contribution is -2.25. The molecule has 1 atom stereocenters. The number of aryl methyl sites for hydroxylation is 1. The molecule has 0 fully saturated rings. The van der Waals surface area contributed by atoms with Crippen molar-refractivity contribution in [3.8, 4) is 0 Å². The van der Waals surface area contributed by atoms with Gasteiger partial charge in [0.25, 0.3) is 0 Å². The van der Waals surface area contributed by atoms with Gasteiger partial charge in [0.2, 0.25) is 0 Å². The molecule has 18 heavy (non-hydrogen) atoms. The maximum absolute atomic E-state index is 13.5. The summed E-state index contributed by atoms with van der Waals surface area (Å²) in [6.45, 7) is 0.764. The highest BCUT2D eigenvalue weighted by atomic mass is 127. The van der Waals surface area contributed by atoms with Gasteiger partial charge in [0, 0.05) is 31.4 Å². The average molecular weight is 358 g/mol. The monoisotopic (exact) mass is 358 g/mol. The Morgan fingerprint density at radius 3 is 3.00 bits per heavy atom. The summed E-state index contributed by atoms with van der Waals surface area (Å²) in [5.74, 6) is -0.199. The smallest absolute Gasteiger partial charge is 0.138 e. The van der Waals surface area contributed by atoms with Crippen LogP contribution in [0.15, 0.2) is 24.5 Å². The van der Waals surface area contributed by atoms with Crippen molar-refractivity contribution in [3.63, 3.8) is 0 Å². The zero-order valence-corrected chi connectivity index (χ0v) is 11.9. The Labute approximate surface area is 118 Å². The van der Waals surface area contributed by atoms with Crippen LogP contribution in [0, 0.1) is 9.39 Å². The number of nitrogens with zero attached hydrogens (tertiary/aromatic N) is 2. The fourth-order valence-electron chi connectivity index (χ4n) is 2.08. The Hall–Kier alpha value is -1.31. The van der Waals surface area contributed by atoms with Crippen LogP contribution < -0.4 is 10.6 Å². The number of nitrogens with one attached hydrogen (secondary N) is 2. The van der Waals surface area contributed by atoms with E-state index in [9.17, 15) is 4.39 Å². The van der Waals surface area contributed by atoms with Crippen LogP contribution in [-0.4, -0.2) is 16.3 Å². The predicted molar refractivity (Wildman–Crippen MR) is 77.2 cm³/mol. The first-order chi connectivity index (χ1) is 8.63. The fraction of sp³-hybridized carbons (Fsp3) is 0.250. The van der Waals surface area contributed by atoms with Gasteiger partial charge in [-0.15, -0.1) is 0 Å². The molecular weight excluding hydrogens is 346 g/mol. The lowest BCUT2D eigenvalue weighted by molar-refractivity contribution is 0.619. The summed E-state index contributed by atoms with van der Waals surface area (Å²) in [4.78, 5) is 0. The van der Waals surface area contributed by atoms with Crippen molar-refractivity contribution in [2.75, 3.05) is 17.2 Å². The third kappa shape index (κ3) is 2.05. The SMILES string of the molecule is Cn1cc(C2CNc3cc(I)c(F)cc3N2)cn1. The Kier molecular flexibility index (Phi) is 2.89. The van der Waals surface area contributed by atoms with Crippen LogP contribution in [0.1, 0.15) is 11.6 Å². The summed E-state index contributed by atoms with van der Waals surface area (Å²) in [5, 5.41) is 10.8. The van der Waals surface area contributed by atoms with Crippen LogP contribution in [0.2, 0.25) is 0 Å². The number of benzene rings is 1. The van der Waals surface area contributed by atoms with Gasteiger partial charge in [0.1, 0.15) is 5.82 Å². The minimum absolute atomic E-state index is 0.116. The van der Waals surface area contributed by atoms with E-state index in [0.29, 0.717) is 3.57 Å². The van der Waals surface area contributed by atoms with Crippen molar-refractivity contribution in [2.45, 2.75) is 6.04 Å². The number of anilines is 2. The molecule has 0 saturated heterocycles. The van der Waals surface area contributed by atoms with Gasteiger partial charge in [0.05, 0.1) is 27.2 Å². The van der Waals surface area contributed by atoms with Crippen LogP contribution in [0.3, 0.4) is 0 Å². The second-order valence-electron chi connectivity index (χ2n) is 4.34. The van der Waals surface area contributed by atoms with Gasteiger partial charge in [-0.05, 0) is 28.7 Å². The third-order valence-corrected chi connectivity index (χ3v) is 3.84. The molecule has 94 valence electrons. The quantitative estimate of drug-likeness (QED) is 0.771. The second kappa shape index (κ2) is 4.42. The summed E-state index contributed by atoms with van der Waals surface area (Å²) in [7, 11) is 1.88. The van der Waals surface area contributed by atoms with Gasteiger partial charge >= 0.3 is 0 Å². The number of rotatable bonds is 1. The van der Waals surface area contributed by atoms with Crippen LogP contribution >= 0.6 is 22.6 Å². The maximum Gasteiger partial charge on any atom is 0.138 e. The Morgan fingerprint density at radius 2 is 2.28 bits per heavy atom. The molecule has 0 radical (unpaired) electrons. The van der Waals surface area contributed by atoms with Crippen molar-refractivity contribution in [3.05, 3.63) is 39.5 Å². The van der Waals surface area contributed by atoms with E-state index in [4.69, 9.17) is 0 Å². The van der Waals surface area contributed by atoms with Crippen molar-refractivity contribution >= 4 is 34.0 Å². The summed E-state index contributed by atoms with van der Waals surface area (Å²) in [5.41, 5.74) is 2.84. The molecule has 0 aliphatic carbocycles. The van der Waals surface area contributed by atoms with Gasteiger partial charge in [-0.3, -0.25) is 4.68 Å². The van der Waals surface area contributed by atoms with Crippen LogP contribution in [0.4, 0.5) is 15.8 Å². The summed E-state index contributed by atoms with van der Waals surface area (Å²) in [6, 6.07) is 3.47. The fourth-order valence-corrected chi connectivity index (χ4v) is 2.55. The molecule has 2 N–H and O–H groups in total. The van der Waals surface area contributed by atoms with Gasteiger partial charge in [-0.25, -0.2) is 4.39 Å². The molecule has 1 unspecified atom stereocenters. The first-order valence-electron chi connectivity index (χ1n) is 5.61. The maximum atomic E-state index is 13.5. The van der Waals surface area contributed by atoms with E-state index in [2.05, 4.69) is 15.7 Å². The molecule has 4 nitrogen and oxygen atoms in total.